The third-order valence-electron chi connectivity index (χ3n) is 12.9. The van der Waals surface area contributed by atoms with Crippen molar-refractivity contribution in [2.45, 2.75) is 0 Å². The number of nitrogens with one attached hydrogen (secondary N) is 1. The second kappa shape index (κ2) is 11.4. The zero-order chi connectivity index (χ0) is 39.1. The molecule has 0 saturated heterocycles. The highest BCUT2D eigenvalue weighted by Crippen LogP contribution is 2.51. The topological polar surface area (TPSA) is 83.6 Å². The number of hydrogen-bond donors (Lipinski definition) is 1. The standard InChI is InChI=1S/C52H30N2O4/c1-53-51(57)41-22-20-31-35-14-18-39-40-19-15-36-32-21-23-42(52(58)54(2)28-6-4-3-5-7-28)44-27(25-56)9-11-30(46(32)44)34-13-17-38(50(40)48(34)36)37-16-12-33(47(35)49(37)39)29-10-8-26(24-55)43(41)45(29)31/h3-25H,1-2H3,(H,53,57). The third-order valence-corrected chi connectivity index (χ3v) is 12.9. The maximum absolute atomic E-state index is 14.2. The fourth-order valence-electron chi connectivity index (χ4n) is 10.4. The molecule has 12 aromatic carbocycles. The highest BCUT2D eigenvalue weighted by atomic mass is 16.2. The zero-order valence-electron chi connectivity index (χ0n) is 31.4. The normalized spacial score (nSPS) is 12.2. The Morgan fingerprint density at radius 2 is 0.724 bits per heavy atom. The Balaban J connectivity index is 1.19. The Kier molecular flexibility index (Phi) is 6.41. The van der Waals surface area contributed by atoms with Gasteiger partial charge in [0.05, 0.1) is 0 Å². The fraction of sp³-hybridized carbons (Fsp3) is 0.0385. The molecule has 0 unspecified atom stereocenters. The first-order valence-electron chi connectivity index (χ1n) is 19.3. The summed E-state index contributed by atoms with van der Waals surface area (Å²) >= 11 is 0. The van der Waals surface area contributed by atoms with Gasteiger partial charge in [0.2, 0.25) is 0 Å². The summed E-state index contributed by atoms with van der Waals surface area (Å²) in [5.74, 6) is -0.410. The van der Waals surface area contributed by atoms with E-state index in [1.165, 1.54) is 10.8 Å². The van der Waals surface area contributed by atoms with Gasteiger partial charge in [-0.3, -0.25) is 19.2 Å². The largest absolute Gasteiger partial charge is 0.355 e. The molecule has 0 saturated carbocycles. The second-order valence-corrected chi connectivity index (χ2v) is 15.4. The number of benzene rings is 12. The summed E-state index contributed by atoms with van der Waals surface area (Å²) in [7, 11) is 3.38. The van der Waals surface area contributed by atoms with E-state index in [0.717, 1.165) is 104 Å². The predicted octanol–water partition coefficient (Wildman–Crippen LogP) is 11.8. The number of anilines is 1. The van der Waals surface area contributed by atoms with E-state index in [1.807, 2.05) is 78.9 Å². The van der Waals surface area contributed by atoms with Crippen molar-refractivity contribution in [2.24, 2.45) is 0 Å². The molecule has 1 N–H and O–H groups in total. The van der Waals surface area contributed by atoms with Gasteiger partial charge in [0.25, 0.3) is 11.8 Å². The first-order valence-corrected chi connectivity index (χ1v) is 19.3. The van der Waals surface area contributed by atoms with E-state index in [2.05, 4.69) is 53.8 Å². The summed E-state index contributed by atoms with van der Waals surface area (Å²) in [4.78, 5) is 54.0. The van der Waals surface area contributed by atoms with E-state index in [1.54, 1.807) is 19.0 Å². The van der Waals surface area contributed by atoms with E-state index >= 15 is 0 Å². The Hall–Kier alpha value is -7.70. The minimum atomic E-state index is -0.230. The third kappa shape index (κ3) is 3.91. The van der Waals surface area contributed by atoms with Crippen molar-refractivity contribution in [3.63, 3.8) is 0 Å². The SMILES string of the molecule is CNC(=O)c1ccc2c3ccc4c5ccc6c7ccc(C(=O)N(C)c8ccccc8)c8c(C=O)ccc(c9ccc(c%10ccc(c%11ccc(C=O)c1c%112)c3c%104)c5c96)c87. The van der Waals surface area contributed by atoms with E-state index in [0.29, 0.717) is 33.0 Å². The van der Waals surface area contributed by atoms with Crippen molar-refractivity contribution in [1.29, 1.82) is 0 Å². The molecule has 272 valence electrons. The molecular weight excluding hydrogens is 717 g/mol. The minimum Gasteiger partial charge on any atom is -0.355 e. The van der Waals surface area contributed by atoms with Gasteiger partial charge in [0, 0.05) is 52.8 Å². The summed E-state index contributed by atoms with van der Waals surface area (Å²) < 4.78 is 0. The summed E-state index contributed by atoms with van der Waals surface area (Å²) in [6.07, 6.45) is 1.69. The zero-order valence-corrected chi connectivity index (χ0v) is 31.4. The highest BCUT2D eigenvalue weighted by Gasteiger charge is 2.26. The van der Waals surface area contributed by atoms with Gasteiger partial charge < -0.3 is 10.2 Å². The van der Waals surface area contributed by atoms with Crippen molar-refractivity contribution in [1.82, 2.24) is 5.32 Å². The van der Waals surface area contributed by atoms with Crippen LogP contribution >= 0.6 is 0 Å². The average molecular weight is 747 g/mol. The van der Waals surface area contributed by atoms with Crippen LogP contribution in [0.1, 0.15) is 41.4 Å². The molecule has 12 aromatic rings. The number of hydrogen-bond acceptors (Lipinski definition) is 4. The maximum atomic E-state index is 14.2. The lowest BCUT2D eigenvalue weighted by atomic mass is 9.80. The smallest absolute Gasteiger partial charge is 0.258 e. The van der Waals surface area contributed by atoms with Crippen molar-refractivity contribution < 1.29 is 19.2 Å². The maximum Gasteiger partial charge on any atom is 0.258 e. The molecule has 2 amide bonds. The number of amides is 2. The molecule has 0 spiro atoms. The van der Waals surface area contributed by atoms with Crippen LogP contribution in [0.4, 0.5) is 5.69 Å². The molecule has 0 aliphatic carbocycles. The molecule has 0 aliphatic heterocycles. The average Bonchev–Trinajstić information content (AvgIpc) is 3.28. The Morgan fingerprint density at radius 3 is 1.09 bits per heavy atom. The van der Waals surface area contributed by atoms with Gasteiger partial charge in [-0.1, -0.05) is 103 Å². The lowest BCUT2D eigenvalue weighted by Gasteiger charge is -2.23. The quantitative estimate of drug-likeness (QED) is 0.108. The Bertz CT molecular complexity index is 3690. The Labute approximate surface area is 329 Å². The number of carbonyl (C=O) groups is 4. The van der Waals surface area contributed by atoms with Crippen LogP contribution in [0.2, 0.25) is 0 Å². The molecular formula is C52H30N2O4. The summed E-state index contributed by atoms with van der Waals surface area (Å²) in [6, 6.07) is 42.7. The molecule has 0 radical (unpaired) electrons. The van der Waals surface area contributed by atoms with Crippen molar-refractivity contribution in [2.75, 3.05) is 19.0 Å². The molecule has 12 rings (SSSR count). The first-order chi connectivity index (χ1) is 28.4. The monoisotopic (exact) mass is 746 g/mol. The minimum absolute atomic E-state index is 0.180. The summed E-state index contributed by atoms with van der Waals surface area (Å²) in [5.41, 5.74) is 2.71. The van der Waals surface area contributed by atoms with E-state index < -0.39 is 0 Å². The van der Waals surface area contributed by atoms with Crippen LogP contribution in [0.25, 0.3) is 108 Å². The fourth-order valence-corrected chi connectivity index (χ4v) is 10.4. The predicted molar refractivity (Wildman–Crippen MR) is 238 cm³/mol. The van der Waals surface area contributed by atoms with Crippen LogP contribution in [0, 0.1) is 0 Å². The van der Waals surface area contributed by atoms with Crippen molar-refractivity contribution >= 4 is 138 Å². The van der Waals surface area contributed by atoms with E-state index in [9.17, 15) is 19.2 Å². The van der Waals surface area contributed by atoms with Crippen LogP contribution in [-0.2, 0) is 0 Å². The van der Waals surface area contributed by atoms with E-state index in [4.69, 9.17) is 0 Å². The van der Waals surface area contributed by atoms with E-state index in [-0.39, 0.29) is 11.8 Å². The number of rotatable bonds is 5. The molecule has 58 heavy (non-hydrogen) atoms. The molecule has 0 heterocycles. The van der Waals surface area contributed by atoms with Crippen molar-refractivity contribution in [3.8, 4) is 0 Å². The summed E-state index contributed by atoms with van der Waals surface area (Å²) in [6.45, 7) is 0. The number of fused-ring (bicyclic) bond motifs is 6. The number of carbonyl (C=O) groups excluding carboxylic acids is 4. The Morgan fingerprint density at radius 1 is 0.414 bits per heavy atom. The highest BCUT2D eigenvalue weighted by molar-refractivity contribution is 6.47. The molecule has 6 heteroatoms. The first kappa shape index (κ1) is 32.5. The number of nitrogens with zero attached hydrogens (tertiary/aromatic N) is 1. The molecule has 0 bridgehead atoms. The van der Waals surface area contributed by atoms with Gasteiger partial charge in [-0.05, 0) is 121 Å². The molecule has 0 aromatic heterocycles. The van der Waals surface area contributed by atoms with Crippen LogP contribution < -0.4 is 10.2 Å². The summed E-state index contributed by atoms with van der Waals surface area (Å²) in [5, 5.41) is 23.4. The molecule has 0 fully saturated rings. The second-order valence-electron chi connectivity index (χ2n) is 15.4. The lowest BCUT2D eigenvalue weighted by molar-refractivity contribution is 0.0962. The van der Waals surface area contributed by atoms with Gasteiger partial charge in [0.1, 0.15) is 0 Å². The van der Waals surface area contributed by atoms with Gasteiger partial charge in [-0.2, -0.15) is 0 Å². The number of para-hydroxylation sites is 1. The lowest BCUT2D eigenvalue weighted by Crippen LogP contribution is -2.26. The van der Waals surface area contributed by atoms with Gasteiger partial charge >= 0.3 is 0 Å². The van der Waals surface area contributed by atoms with Crippen molar-refractivity contribution in [3.05, 3.63) is 150 Å². The van der Waals surface area contributed by atoms with Crippen LogP contribution in [0.3, 0.4) is 0 Å². The van der Waals surface area contributed by atoms with Gasteiger partial charge in [-0.25, -0.2) is 0 Å². The van der Waals surface area contributed by atoms with Crippen LogP contribution in [-0.4, -0.2) is 38.5 Å². The number of aldehydes is 2. The van der Waals surface area contributed by atoms with Crippen LogP contribution in [0.5, 0.6) is 0 Å². The van der Waals surface area contributed by atoms with Crippen LogP contribution in [0.15, 0.2) is 127 Å². The molecule has 0 atom stereocenters. The molecule has 0 aliphatic rings. The van der Waals surface area contributed by atoms with Gasteiger partial charge in [-0.15, -0.1) is 0 Å². The molecule has 6 nitrogen and oxygen atoms in total. The van der Waals surface area contributed by atoms with Gasteiger partial charge in [0.15, 0.2) is 12.6 Å².